The average molecular weight is 326 g/mol. The first kappa shape index (κ1) is 12.1. The van der Waals surface area contributed by atoms with Crippen LogP contribution in [0.4, 0.5) is 5.69 Å². The molecule has 0 N–H and O–H groups in total. The summed E-state index contributed by atoms with van der Waals surface area (Å²) in [6.45, 7) is 1.98. The minimum absolute atomic E-state index is 0.875. The van der Waals surface area contributed by atoms with Crippen molar-refractivity contribution in [3.05, 3.63) is 24.3 Å². The number of nitrogens with zero attached hydrogens (tertiary/aromatic N) is 3. The van der Waals surface area contributed by atoms with Crippen LogP contribution >= 0.6 is 11.9 Å². The molecule has 2 aliphatic heterocycles. The second kappa shape index (κ2) is 4.96. The Bertz CT molecular complexity index is 503. The Labute approximate surface area is 118 Å². The molecule has 94 valence electrons. The van der Waals surface area contributed by atoms with Crippen LogP contribution in [0.3, 0.4) is 0 Å². The van der Waals surface area contributed by atoms with Gasteiger partial charge in [0.25, 0.3) is 0 Å². The van der Waals surface area contributed by atoms with Crippen LogP contribution in [0.5, 0.6) is 5.75 Å². The molecule has 1 aromatic rings. The van der Waals surface area contributed by atoms with Crippen molar-refractivity contribution >= 4 is 43.0 Å². The number of amidine groups is 1. The normalized spacial score (nSPS) is 18.7. The van der Waals surface area contributed by atoms with Crippen LogP contribution in [-0.4, -0.2) is 50.5 Å². The first-order chi connectivity index (χ1) is 8.79. The number of aliphatic imine (C=N–C) groups is 1. The van der Waals surface area contributed by atoms with Crippen LogP contribution in [-0.2, 0) is 0 Å². The number of methoxy groups -OCH3 is 1. The molecule has 0 saturated carbocycles. The zero-order chi connectivity index (χ0) is 12.5. The molecule has 2 heterocycles. The molecule has 1 fully saturated rings. The molecule has 18 heavy (non-hydrogen) atoms. The monoisotopic (exact) mass is 327 g/mol. The molecule has 2 aliphatic rings. The first-order valence-corrected chi connectivity index (χ1v) is 7.40. The van der Waals surface area contributed by atoms with Gasteiger partial charge in [0.05, 0.1) is 0 Å². The number of hydrogen-bond donors (Lipinski definition) is 0. The summed E-state index contributed by atoms with van der Waals surface area (Å²) in [5.74, 6) is 0.875. The van der Waals surface area contributed by atoms with E-state index in [1.807, 2.05) is 12.1 Å². The van der Waals surface area contributed by atoms with E-state index in [4.69, 9.17) is 4.74 Å². The quantitative estimate of drug-likeness (QED) is 0.608. The fraction of sp³-hybridized carbons (Fsp3) is 0.333. The fourth-order valence-corrected chi connectivity index (χ4v) is 3.90. The van der Waals surface area contributed by atoms with Gasteiger partial charge in [-0.3, -0.25) is 0 Å². The van der Waals surface area contributed by atoms with Crippen molar-refractivity contribution in [2.45, 2.75) is 6.42 Å². The van der Waals surface area contributed by atoms with Crippen molar-refractivity contribution in [3.63, 3.8) is 0 Å². The van der Waals surface area contributed by atoms with Crippen molar-refractivity contribution < 1.29 is 4.74 Å². The van der Waals surface area contributed by atoms with E-state index in [1.54, 1.807) is 19.1 Å². The molecule has 6 heteroatoms. The summed E-state index contributed by atoms with van der Waals surface area (Å²) in [5.41, 5.74) is 1.13. The maximum atomic E-state index is 5.18. The summed E-state index contributed by atoms with van der Waals surface area (Å²) in [6, 6.07) is 8.06. The molecule has 0 atom stereocenters. The summed E-state index contributed by atoms with van der Waals surface area (Å²) in [6.07, 6.45) is 1.12. The van der Waals surface area contributed by atoms with Crippen LogP contribution in [0.15, 0.2) is 29.3 Å². The van der Waals surface area contributed by atoms with E-state index in [0.29, 0.717) is 0 Å². The summed E-state index contributed by atoms with van der Waals surface area (Å²) >= 11 is 4.82. The molecule has 0 aliphatic carbocycles. The van der Waals surface area contributed by atoms with Crippen LogP contribution in [0.25, 0.3) is 0 Å². The third-order valence-electron chi connectivity index (χ3n) is 2.90. The van der Waals surface area contributed by atoms with E-state index in [9.17, 15) is 0 Å². The van der Waals surface area contributed by atoms with Crippen LogP contribution < -0.4 is 9.04 Å². The van der Waals surface area contributed by atoms with Gasteiger partial charge < -0.3 is 0 Å². The molecule has 0 spiro atoms. The van der Waals surface area contributed by atoms with Crippen molar-refractivity contribution in [3.8, 4) is 5.75 Å². The van der Waals surface area contributed by atoms with Gasteiger partial charge in [0, 0.05) is 0 Å². The number of rotatable bonds is 2. The Balaban J connectivity index is 1.86. The zero-order valence-corrected chi connectivity index (χ0v) is 12.5. The van der Waals surface area contributed by atoms with Gasteiger partial charge in [-0.2, -0.15) is 0 Å². The third kappa shape index (κ3) is 2.05. The second-order valence-corrected chi connectivity index (χ2v) is 5.71. The van der Waals surface area contributed by atoms with Crippen LogP contribution in [0.1, 0.15) is 6.42 Å². The minimum atomic E-state index is 0.875. The number of hydrogen-bond acceptors (Lipinski definition) is 5. The number of benzene rings is 1. The van der Waals surface area contributed by atoms with Gasteiger partial charge in [0.15, 0.2) is 0 Å². The van der Waals surface area contributed by atoms with Crippen molar-refractivity contribution in [1.82, 2.24) is 4.90 Å². The molecule has 0 unspecified atom stereocenters. The van der Waals surface area contributed by atoms with Gasteiger partial charge in [-0.15, -0.1) is 0 Å². The standard InChI is InChI=1S/C12H13N3OSSe/c1-16-10-5-3-9(4-6-10)15-12(18)14-8-2-7-13-11(14)17-15/h3-6H,2,7-8H2,1H3. The summed E-state index contributed by atoms with van der Waals surface area (Å²) < 4.78 is 8.46. The van der Waals surface area contributed by atoms with E-state index in [2.05, 4.69) is 41.9 Å². The van der Waals surface area contributed by atoms with E-state index in [-0.39, 0.29) is 0 Å². The van der Waals surface area contributed by atoms with Gasteiger partial charge in [0.1, 0.15) is 0 Å². The SMILES string of the molecule is COc1ccc(N2SC3=NCCCN3C2=[Se])cc1. The van der Waals surface area contributed by atoms with E-state index >= 15 is 0 Å². The molecule has 4 nitrogen and oxygen atoms in total. The Hall–Kier alpha value is -0.971. The molecule has 0 amide bonds. The number of ether oxygens (including phenoxy) is 1. The average Bonchev–Trinajstić information content (AvgIpc) is 2.77. The molecule has 0 aromatic heterocycles. The molecule has 1 saturated heterocycles. The van der Waals surface area contributed by atoms with E-state index < -0.39 is 0 Å². The Kier molecular flexibility index (Phi) is 3.33. The fourth-order valence-electron chi connectivity index (χ4n) is 1.95. The number of anilines is 1. The van der Waals surface area contributed by atoms with Crippen LogP contribution in [0, 0.1) is 0 Å². The molecule has 0 bridgehead atoms. The van der Waals surface area contributed by atoms with Gasteiger partial charge in [-0.05, 0) is 0 Å². The van der Waals surface area contributed by atoms with Crippen molar-refractivity contribution in [2.24, 2.45) is 4.99 Å². The predicted octanol–water partition coefficient (Wildman–Crippen LogP) is 1.48. The van der Waals surface area contributed by atoms with Crippen molar-refractivity contribution in [1.29, 1.82) is 0 Å². The molecular weight excluding hydrogens is 313 g/mol. The van der Waals surface area contributed by atoms with Crippen LogP contribution in [0.2, 0.25) is 0 Å². The van der Waals surface area contributed by atoms with Gasteiger partial charge in [-0.1, -0.05) is 0 Å². The van der Waals surface area contributed by atoms with Gasteiger partial charge in [-0.25, -0.2) is 0 Å². The maximum absolute atomic E-state index is 5.18. The summed E-state index contributed by atoms with van der Waals surface area (Å²) in [7, 11) is 1.68. The first-order valence-electron chi connectivity index (χ1n) is 5.78. The zero-order valence-electron chi connectivity index (χ0n) is 10.00. The number of fused-ring (bicyclic) bond motifs is 1. The third-order valence-corrected chi connectivity index (χ3v) is 5.09. The molecule has 0 radical (unpaired) electrons. The van der Waals surface area contributed by atoms with E-state index in [1.165, 1.54) is 0 Å². The van der Waals surface area contributed by atoms with Crippen molar-refractivity contribution in [2.75, 3.05) is 24.5 Å². The molecule has 3 rings (SSSR count). The Morgan fingerprint density at radius 1 is 1.33 bits per heavy atom. The molecular formula is C12H13N3OSSe. The van der Waals surface area contributed by atoms with E-state index in [0.717, 1.165) is 40.8 Å². The molecule has 1 aromatic carbocycles. The summed E-state index contributed by atoms with van der Waals surface area (Å²) in [4.78, 5) is 6.78. The van der Waals surface area contributed by atoms with Gasteiger partial charge >= 0.3 is 119 Å². The Morgan fingerprint density at radius 2 is 2.11 bits per heavy atom. The second-order valence-electron chi connectivity index (χ2n) is 4.04. The Morgan fingerprint density at radius 3 is 2.78 bits per heavy atom. The topological polar surface area (TPSA) is 28.1 Å². The predicted molar refractivity (Wildman–Crippen MR) is 77.5 cm³/mol. The van der Waals surface area contributed by atoms with Gasteiger partial charge in [0.2, 0.25) is 0 Å². The summed E-state index contributed by atoms with van der Waals surface area (Å²) in [5, 5.41) is 1.09.